The van der Waals surface area contributed by atoms with E-state index in [2.05, 4.69) is 26.0 Å². The first kappa shape index (κ1) is 11.2. The van der Waals surface area contributed by atoms with Gasteiger partial charge in [-0.15, -0.1) is 0 Å². The second kappa shape index (κ2) is 3.93. The lowest BCUT2D eigenvalue weighted by molar-refractivity contribution is 0.410. The summed E-state index contributed by atoms with van der Waals surface area (Å²) in [5.74, 6) is 0.561. The average Bonchev–Trinajstić information content (AvgIpc) is 2.70. The molecule has 0 unspecified atom stereocenters. The molecule has 96 valence electrons. The highest BCUT2D eigenvalue weighted by molar-refractivity contribution is 9.10. The first-order chi connectivity index (χ1) is 9.22. The third-order valence-electron chi connectivity index (χ3n) is 3.93. The van der Waals surface area contributed by atoms with E-state index >= 15 is 0 Å². The van der Waals surface area contributed by atoms with Crippen molar-refractivity contribution in [2.24, 2.45) is 0 Å². The molecule has 1 saturated carbocycles. The van der Waals surface area contributed by atoms with Crippen LogP contribution in [0.3, 0.4) is 0 Å². The van der Waals surface area contributed by atoms with E-state index in [1.165, 1.54) is 19.3 Å². The minimum atomic E-state index is -0.0601. The Kier molecular flexibility index (Phi) is 2.33. The van der Waals surface area contributed by atoms with Crippen molar-refractivity contribution in [3.8, 4) is 0 Å². The molecule has 2 aromatic heterocycles. The molecule has 0 bridgehead atoms. The zero-order chi connectivity index (χ0) is 13.0. The number of H-pyrrole nitrogens is 1. The SMILES string of the molecule is O=c1[nH]c2cc(C3CCC3)nn2c2cc(Br)ccc12. The topological polar surface area (TPSA) is 50.2 Å². The van der Waals surface area contributed by atoms with Crippen LogP contribution in [-0.2, 0) is 0 Å². The molecule has 2 heterocycles. The van der Waals surface area contributed by atoms with Gasteiger partial charge in [0, 0.05) is 16.5 Å². The Morgan fingerprint density at radius 3 is 2.89 bits per heavy atom. The van der Waals surface area contributed by atoms with Gasteiger partial charge in [-0.05, 0) is 31.0 Å². The predicted octanol–water partition coefficient (Wildman–Crippen LogP) is 3.21. The van der Waals surface area contributed by atoms with E-state index in [0.29, 0.717) is 11.3 Å². The Morgan fingerprint density at radius 1 is 1.32 bits per heavy atom. The molecular weight excluding hydrogens is 306 g/mol. The molecule has 0 aliphatic heterocycles. The number of benzene rings is 1. The molecule has 1 fully saturated rings. The molecule has 3 aromatic rings. The van der Waals surface area contributed by atoms with E-state index in [4.69, 9.17) is 0 Å². The number of halogens is 1. The lowest BCUT2D eigenvalue weighted by atomic mass is 9.83. The van der Waals surface area contributed by atoms with Gasteiger partial charge in [0.05, 0.1) is 16.6 Å². The van der Waals surface area contributed by atoms with Crippen LogP contribution < -0.4 is 5.56 Å². The predicted molar refractivity (Wildman–Crippen MR) is 77.6 cm³/mol. The first-order valence-electron chi connectivity index (χ1n) is 6.43. The van der Waals surface area contributed by atoms with Crippen LogP contribution in [0, 0.1) is 0 Å². The van der Waals surface area contributed by atoms with Crippen molar-refractivity contribution in [1.29, 1.82) is 0 Å². The van der Waals surface area contributed by atoms with Crippen molar-refractivity contribution < 1.29 is 0 Å². The zero-order valence-electron chi connectivity index (χ0n) is 10.2. The molecule has 19 heavy (non-hydrogen) atoms. The van der Waals surface area contributed by atoms with Crippen molar-refractivity contribution in [3.05, 3.63) is 44.8 Å². The van der Waals surface area contributed by atoms with Crippen LogP contribution in [0.15, 0.2) is 33.5 Å². The fourth-order valence-corrected chi connectivity index (χ4v) is 2.98. The number of nitrogens with one attached hydrogen (secondary N) is 1. The fraction of sp³-hybridized carbons (Fsp3) is 0.286. The molecule has 0 radical (unpaired) electrons. The first-order valence-corrected chi connectivity index (χ1v) is 7.23. The van der Waals surface area contributed by atoms with Gasteiger partial charge in [0.15, 0.2) is 0 Å². The lowest BCUT2D eigenvalue weighted by Crippen LogP contribution is -2.10. The van der Waals surface area contributed by atoms with Crippen LogP contribution in [0.4, 0.5) is 0 Å². The van der Waals surface area contributed by atoms with Gasteiger partial charge in [-0.25, -0.2) is 4.52 Å². The fourth-order valence-electron chi connectivity index (χ4n) is 2.63. The molecule has 4 rings (SSSR count). The summed E-state index contributed by atoms with van der Waals surface area (Å²) < 4.78 is 2.79. The van der Waals surface area contributed by atoms with Crippen LogP contribution in [0.5, 0.6) is 0 Å². The molecule has 1 aliphatic carbocycles. The summed E-state index contributed by atoms with van der Waals surface area (Å²) in [7, 11) is 0. The average molecular weight is 318 g/mol. The van der Waals surface area contributed by atoms with Crippen LogP contribution in [0.2, 0.25) is 0 Å². The van der Waals surface area contributed by atoms with Crippen molar-refractivity contribution in [3.63, 3.8) is 0 Å². The maximum atomic E-state index is 12.1. The molecule has 0 saturated heterocycles. The lowest BCUT2D eigenvalue weighted by Gasteiger charge is -2.22. The minimum Gasteiger partial charge on any atom is -0.306 e. The molecule has 5 heteroatoms. The second-order valence-electron chi connectivity index (χ2n) is 5.11. The summed E-state index contributed by atoms with van der Waals surface area (Å²) in [5.41, 5.74) is 2.65. The third kappa shape index (κ3) is 1.64. The number of aromatic nitrogens is 3. The molecular formula is C14H12BrN3O. The Morgan fingerprint density at radius 2 is 2.16 bits per heavy atom. The molecule has 4 nitrogen and oxygen atoms in total. The molecule has 0 atom stereocenters. The van der Waals surface area contributed by atoms with E-state index in [0.717, 1.165) is 21.3 Å². The van der Waals surface area contributed by atoms with Crippen molar-refractivity contribution in [1.82, 2.24) is 14.6 Å². The van der Waals surface area contributed by atoms with Gasteiger partial charge in [-0.2, -0.15) is 5.10 Å². The number of aromatic amines is 1. The third-order valence-corrected chi connectivity index (χ3v) is 4.42. The molecule has 0 spiro atoms. The number of fused-ring (bicyclic) bond motifs is 3. The van der Waals surface area contributed by atoms with Gasteiger partial charge in [-0.1, -0.05) is 22.4 Å². The Balaban J connectivity index is 2.08. The van der Waals surface area contributed by atoms with Crippen LogP contribution in [0.1, 0.15) is 30.9 Å². The Labute approximate surface area is 117 Å². The smallest absolute Gasteiger partial charge is 0.259 e. The van der Waals surface area contributed by atoms with Crippen molar-refractivity contribution in [2.75, 3.05) is 0 Å². The number of hydrogen-bond donors (Lipinski definition) is 1. The number of nitrogens with zero attached hydrogens (tertiary/aromatic N) is 2. The Hall–Kier alpha value is -1.62. The molecule has 1 N–H and O–H groups in total. The van der Waals surface area contributed by atoms with E-state index in [1.807, 2.05) is 28.8 Å². The highest BCUT2D eigenvalue weighted by Gasteiger charge is 2.23. The van der Waals surface area contributed by atoms with Crippen molar-refractivity contribution >= 4 is 32.5 Å². The van der Waals surface area contributed by atoms with Gasteiger partial charge < -0.3 is 4.98 Å². The van der Waals surface area contributed by atoms with E-state index in [9.17, 15) is 4.79 Å². The van der Waals surface area contributed by atoms with Gasteiger partial charge in [0.2, 0.25) is 0 Å². The summed E-state index contributed by atoms with van der Waals surface area (Å²) >= 11 is 3.45. The summed E-state index contributed by atoms with van der Waals surface area (Å²) in [4.78, 5) is 15.0. The highest BCUT2D eigenvalue weighted by Crippen LogP contribution is 2.35. The Bertz CT molecular complexity index is 845. The van der Waals surface area contributed by atoms with Gasteiger partial charge in [-0.3, -0.25) is 4.79 Å². The van der Waals surface area contributed by atoms with Crippen molar-refractivity contribution in [2.45, 2.75) is 25.2 Å². The number of hydrogen-bond acceptors (Lipinski definition) is 2. The normalized spacial score (nSPS) is 16.1. The number of rotatable bonds is 1. The van der Waals surface area contributed by atoms with E-state index < -0.39 is 0 Å². The summed E-state index contributed by atoms with van der Waals surface area (Å²) in [6.07, 6.45) is 3.69. The minimum absolute atomic E-state index is 0.0601. The summed E-state index contributed by atoms with van der Waals surface area (Å²) in [5, 5.41) is 5.34. The quantitative estimate of drug-likeness (QED) is 0.749. The van der Waals surface area contributed by atoms with Gasteiger partial charge in [0.25, 0.3) is 5.56 Å². The zero-order valence-corrected chi connectivity index (χ0v) is 11.8. The van der Waals surface area contributed by atoms with Gasteiger partial charge >= 0.3 is 0 Å². The maximum Gasteiger partial charge on any atom is 0.259 e. The van der Waals surface area contributed by atoms with Crippen LogP contribution in [-0.4, -0.2) is 14.6 Å². The summed E-state index contributed by atoms with van der Waals surface area (Å²) in [6, 6.07) is 7.64. The maximum absolute atomic E-state index is 12.1. The van der Waals surface area contributed by atoms with Crippen LogP contribution in [0.25, 0.3) is 16.6 Å². The monoisotopic (exact) mass is 317 g/mol. The van der Waals surface area contributed by atoms with Crippen LogP contribution >= 0.6 is 15.9 Å². The van der Waals surface area contributed by atoms with E-state index in [1.54, 1.807) is 0 Å². The summed E-state index contributed by atoms with van der Waals surface area (Å²) in [6.45, 7) is 0. The molecule has 1 aromatic carbocycles. The van der Waals surface area contributed by atoms with Gasteiger partial charge in [0.1, 0.15) is 5.65 Å². The molecule has 1 aliphatic rings. The molecule has 0 amide bonds. The largest absolute Gasteiger partial charge is 0.306 e. The highest BCUT2D eigenvalue weighted by atomic mass is 79.9. The standard InChI is InChI=1S/C14H12BrN3O/c15-9-4-5-10-12(6-9)18-13(16-14(10)19)7-11(17-18)8-2-1-3-8/h4-8H,1-3H2,(H,16,19). The second-order valence-corrected chi connectivity index (χ2v) is 6.03. The van der Waals surface area contributed by atoms with E-state index in [-0.39, 0.29) is 5.56 Å².